The van der Waals surface area contributed by atoms with Crippen LogP contribution in [0.15, 0.2) is 24.3 Å². The summed E-state index contributed by atoms with van der Waals surface area (Å²) >= 11 is 0. The van der Waals surface area contributed by atoms with Crippen LogP contribution in [0.5, 0.6) is 5.75 Å². The molecule has 4 heteroatoms. The van der Waals surface area contributed by atoms with Crippen LogP contribution in [0, 0.1) is 5.41 Å². The van der Waals surface area contributed by atoms with Crippen molar-refractivity contribution < 1.29 is 13.6 Å². The maximum Gasteiger partial charge on any atom is 0.396 e. The third-order valence-electron chi connectivity index (χ3n) is 2.65. The molecule has 0 aliphatic rings. The van der Waals surface area contributed by atoms with Gasteiger partial charge in [0.15, 0.2) is 0 Å². The van der Waals surface area contributed by atoms with E-state index < -0.39 is 8.60 Å². The summed E-state index contributed by atoms with van der Waals surface area (Å²) in [6.07, 6.45) is 0. The molecule has 1 aromatic carbocycles. The number of benzene rings is 1. The molecule has 0 fully saturated rings. The standard InChI is InChI=1S/C16H27O3P/c1-15(2,3)12-18-20(17-7)19-14-10-8-13(9-11-14)16(4,5)6/h8-11H,12H2,1-7H3. The molecule has 0 amide bonds. The van der Waals surface area contributed by atoms with Crippen LogP contribution in [0.2, 0.25) is 0 Å². The van der Waals surface area contributed by atoms with Crippen LogP contribution in [0.25, 0.3) is 0 Å². The molecule has 0 saturated heterocycles. The summed E-state index contributed by atoms with van der Waals surface area (Å²) in [5.74, 6) is 0.778. The van der Waals surface area contributed by atoms with Gasteiger partial charge in [-0.25, -0.2) is 0 Å². The molecule has 0 aliphatic carbocycles. The quantitative estimate of drug-likeness (QED) is 0.690. The second-order valence-corrected chi connectivity index (χ2v) is 8.36. The molecule has 0 N–H and O–H groups in total. The van der Waals surface area contributed by atoms with E-state index >= 15 is 0 Å². The third kappa shape index (κ3) is 6.21. The van der Waals surface area contributed by atoms with Crippen molar-refractivity contribution in [3.63, 3.8) is 0 Å². The maximum absolute atomic E-state index is 5.75. The fourth-order valence-electron chi connectivity index (χ4n) is 1.46. The number of rotatable bonds is 5. The Kier molecular flexibility index (Phi) is 6.00. The van der Waals surface area contributed by atoms with Gasteiger partial charge in [0.05, 0.1) is 6.61 Å². The lowest BCUT2D eigenvalue weighted by atomic mass is 9.87. The predicted molar refractivity (Wildman–Crippen MR) is 85.1 cm³/mol. The van der Waals surface area contributed by atoms with Gasteiger partial charge in [0.25, 0.3) is 0 Å². The van der Waals surface area contributed by atoms with E-state index in [1.807, 2.05) is 12.1 Å². The lowest BCUT2D eigenvalue weighted by Crippen LogP contribution is -2.14. The zero-order chi connectivity index (χ0) is 15.4. The zero-order valence-corrected chi connectivity index (χ0v) is 14.6. The van der Waals surface area contributed by atoms with E-state index in [0.717, 1.165) is 5.75 Å². The van der Waals surface area contributed by atoms with Crippen molar-refractivity contribution in [3.8, 4) is 5.75 Å². The maximum atomic E-state index is 5.75. The van der Waals surface area contributed by atoms with Gasteiger partial charge in [0.2, 0.25) is 0 Å². The summed E-state index contributed by atoms with van der Waals surface area (Å²) in [6.45, 7) is 13.5. The van der Waals surface area contributed by atoms with Gasteiger partial charge in [-0.2, -0.15) is 0 Å². The van der Waals surface area contributed by atoms with Crippen LogP contribution in [0.1, 0.15) is 47.1 Å². The molecular formula is C16H27O3P. The second kappa shape index (κ2) is 6.89. The first-order valence-electron chi connectivity index (χ1n) is 6.87. The monoisotopic (exact) mass is 298 g/mol. The number of hydrogen-bond donors (Lipinski definition) is 0. The lowest BCUT2D eigenvalue weighted by molar-refractivity contribution is 0.164. The molecule has 20 heavy (non-hydrogen) atoms. The molecule has 0 aliphatic heterocycles. The average molecular weight is 298 g/mol. The normalized spacial score (nSPS) is 14.2. The van der Waals surface area contributed by atoms with Crippen LogP contribution in [-0.4, -0.2) is 13.7 Å². The highest BCUT2D eigenvalue weighted by molar-refractivity contribution is 7.42. The van der Waals surface area contributed by atoms with E-state index in [9.17, 15) is 0 Å². The molecule has 0 bridgehead atoms. The summed E-state index contributed by atoms with van der Waals surface area (Å²) in [4.78, 5) is 0. The summed E-state index contributed by atoms with van der Waals surface area (Å²) in [5.41, 5.74) is 1.52. The van der Waals surface area contributed by atoms with Gasteiger partial charge in [-0.3, -0.25) is 0 Å². The fraction of sp³-hybridized carbons (Fsp3) is 0.625. The van der Waals surface area contributed by atoms with Crippen molar-refractivity contribution in [2.24, 2.45) is 5.41 Å². The third-order valence-corrected chi connectivity index (χ3v) is 3.65. The van der Waals surface area contributed by atoms with E-state index in [1.165, 1.54) is 5.56 Å². The Labute approximate surface area is 124 Å². The molecule has 1 aromatic rings. The van der Waals surface area contributed by atoms with Gasteiger partial charge >= 0.3 is 8.60 Å². The van der Waals surface area contributed by atoms with E-state index in [-0.39, 0.29) is 10.8 Å². The summed E-state index contributed by atoms with van der Waals surface area (Å²) < 4.78 is 16.7. The Morgan fingerprint density at radius 1 is 0.950 bits per heavy atom. The molecule has 114 valence electrons. The Morgan fingerprint density at radius 3 is 1.90 bits per heavy atom. The summed E-state index contributed by atoms with van der Waals surface area (Å²) in [7, 11) is 0.272. The molecule has 0 heterocycles. The van der Waals surface area contributed by atoms with Crippen molar-refractivity contribution in [2.45, 2.75) is 47.0 Å². The molecule has 1 atom stereocenters. The molecule has 0 spiro atoms. The summed E-state index contributed by atoms with van der Waals surface area (Å²) in [6, 6.07) is 8.11. The van der Waals surface area contributed by atoms with Gasteiger partial charge in [0.1, 0.15) is 5.75 Å². The van der Waals surface area contributed by atoms with Gasteiger partial charge < -0.3 is 13.6 Å². The average Bonchev–Trinajstić information content (AvgIpc) is 2.33. The largest absolute Gasteiger partial charge is 0.427 e. The summed E-state index contributed by atoms with van der Waals surface area (Å²) in [5, 5.41) is 0. The van der Waals surface area contributed by atoms with E-state index in [0.29, 0.717) is 6.61 Å². The van der Waals surface area contributed by atoms with E-state index in [1.54, 1.807) is 7.11 Å². The minimum atomic E-state index is -1.34. The molecule has 0 saturated carbocycles. The highest BCUT2D eigenvalue weighted by Gasteiger charge is 2.19. The Bertz CT molecular complexity index is 401. The lowest BCUT2D eigenvalue weighted by Gasteiger charge is -2.22. The van der Waals surface area contributed by atoms with Crippen molar-refractivity contribution in [1.82, 2.24) is 0 Å². The predicted octanol–water partition coefficient (Wildman–Crippen LogP) is 5.30. The van der Waals surface area contributed by atoms with Crippen molar-refractivity contribution in [2.75, 3.05) is 13.7 Å². The van der Waals surface area contributed by atoms with Crippen LogP contribution in [-0.2, 0) is 14.5 Å². The Balaban J connectivity index is 2.62. The molecule has 1 rings (SSSR count). The SMILES string of the molecule is COP(OCC(C)(C)C)Oc1ccc(C(C)(C)C)cc1. The van der Waals surface area contributed by atoms with Gasteiger partial charge in [-0.05, 0) is 28.5 Å². The van der Waals surface area contributed by atoms with Gasteiger partial charge in [-0.1, -0.05) is 53.7 Å². The van der Waals surface area contributed by atoms with Crippen molar-refractivity contribution in [1.29, 1.82) is 0 Å². The van der Waals surface area contributed by atoms with E-state index in [2.05, 4.69) is 53.7 Å². The second-order valence-electron chi connectivity index (χ2n) is 7.11. The van der Waals surface area contributed by atoms with Crippen molar-refractivity contribution >= 4 is 8.60 Å². The van der Waals surface area contributed by atoms with E-state index in [4.69, 9.17) is 13.6 Å². The molecule has 3 nitrogen and oxygen atoms in total. The highest BCUT2D eigenvalue weighted by atomic mass is 31.2. The fourth-order valence-corrected chi connectivity index (χ4v) is 2.48. The van der Waals surface area contributed by atoms with Crippen LogP contribution in [0.3, 0.4) is 0 Å². The highest BCUT2D eigenvalue weighted by Crippen LogP contribution is 2.41. The first-order valence-corrected chi connectivity index (χ1v) is 7.97. The molecule has 1 unspecified atom stereocenters. The smallest absolute Gasteiger partial charge is 0.396 e. The topological polar surface area (TPSA) is 27.7 Å². The molecule has 0 aromatic heterocycles. The minimum absolute atomic E-state index is 0.0958. The Morgan fingerprint density at radius 2 is 1.50 bits per heavy atom. The van der Waals surface area contributed by atoms with Gasteiger partial charge in [-0.15, -0.1) is 0 Å². The number of hydrogen-bond acceptors (Lipinski definition) is 3. The van der Waals surface area contributed by atoms with Crippen LogP contribution >= 0.6 is 8.60 Å². The van der Waals surface area contributed by atoms with Crippen LogP contribution < -0.4 is 4.52 Å². The molecule has 0 radical (unpaired) electrons. The first-order chi connectivity index (χ1) is 9.12. The molecular weight excluding hydrogens is 271 g/mol. The zero-order valence-electron chi connectivity index (χ0n) is 13.7. The minimum Gasteiger partial charge on any atom is -0.427 e. The first kappa shape index (κ1) is 17.4. The van der Waals surface area contributed by atoms with Gasteiger partial charge in [0, 0.05) is 7.11 Å². The van der Waals surface area contributed by atoms with Crippen molar-refractivity contribution in [3.05, 3.63) is 29.8 Å². The Hall–Kier alpha value is -0.630. The van der Waals surface area contributed by atoms with Crippen LogP contribution in [0.4, 0.5) is 0 Å².